The molecule has 1 heteroatoms. The van der Waals surface area contributed by atoms with Crippen molar-refractivity contribution < 1.29 is 0 Å². The van der Waals surface area contributed by atoms with Crippen molar-refractivity contribution in [3.8, 4) is 0 Å². The lowest BCUT2D eigenvalue weighted by molar-refractivity contribution is 0.261. The lowest BCUT2D eigenvalue weighted by atomic mass is 9.79. The third-order valence-corrected chi connectivity index (χ3v) is 2.05. The van der Waals surface area contributed by atoms with Gasteiger partial charge in [0.05, 0.1) is 0 Å². The van der Waals surface area contributed by atoms with Crippen molar-refractivity contribution in [2.24, 2.45) is 10.9 Å². The molecule has 0 radical (unpaired) electrons. The van der Waals surface area contributed by atoms with Crippen molar-refractivity contribution in [3.63, 3.8) is 0 Å². The summed E-state index contributed by atoms with van der Waals surface area (Å²) in [5, 5.41) is 0. The average Bonchev–Trinajstić information content (AvgIpc) is 1.65. The van der Waals surface area contributed by atoms with E-state index < -0.39 is 0 Å². The molecular formula is C7H13N. The Hall–Kier alpha value is -0.330. The normalized spacial score (nSPS) is 36.1. The van der Waals surface area contributed by atoms with Crippen LogP contribution >= 0.6 is 0 Å². The minimum Gasteiger partial charge on any atom is -0.298 e. The molecule has 0 aliphatic heterocycles. The first kappa shape index (κ1) is 5.80. The molecular weight excluding hydrogens is 98.1 g/mol. The van der Waals surface area contributed by atoms with Crippen LogP contribution in [0.1, 0.15) is 26.2 Å². The Morgan fingerprint density at radius 3 is 2.62 bits per heavy atom. The zero-order chi connectivity index (χ0) is 5.98. The van der Waals surface area contributed by atoms with Crippen molar-refractivity contribution in [1.29, 1.82) is 0 Å². The molecule has 0 aromatic carbocycles. The Bertz CT molecular complexity index is 82.4. The van der Waals surface area contributed by atoms with Crippen molar-refractivity contribution in [2.75, 3.05) is 0 Å². The highest BCUT2D eigenvalue weighted by Gasteiger charge is 2.25. The van der Waals surface area contributed by atoms with E-state index in [1.165, 1.54) is 19.3 Å². The summed E-state index contributed by atoms with van der Waals surface area (Å²) in [7, 11) is 0. The maximum absolute atomic E-state index is 3.94. The fraction of sp³-hybridized carbons (Fsp3) is 0.857. The van der Waals surface area contributed by atoms with Crippen LogP contribution in [-0.4, -0.2) is 12.8 Å². The zero-order valence-corrected chi connectivity index (χ0v) is 5.43. The van der Waals surface area contributed by atoms with Crippen LogP contribution in [0.3, 0.4) is 0 Å². The maximum Gasteiger partial charge on any atom is 0.0497 e. The van der Waals surface area contributed by atoms with Gasteiger partial charge in [0.15, 0.2) is 0 Å². The van der Waals surface area contributed by atoms with E-state index in [4.69, 9.17) is 0 Å². The summed E-state index contributed by atoms with van der Waals surface area (Å²) < 4.78 is 0. The standard InChI is InChI=1S/C7H13N/c1-3-6-4-7(5-6)8-2/h6-7H,2-5H2,1H3. The lowest BCUT2D eigenvalue weighted by Gasteiger charge is -2.31. The fourth-order valence-electron chi connectivity index (χ4n) is 1.18. The summed E-state index contributed by atoms with van der Waals surface area (Å²) in [5.74, 6) is 0.963. The van der Waals surface area contributed by atoms with Crippen molar-refractivity contribution in [1.82, 2.24) is 0 Å². The van der Waals surface area contributed by atoms with Gasteiger partial charge < -0.3 is 0 Å². The van der Waals surface area contributed by atoms with E-state index in [2.05, 4.69) is 18.6 Å². The summed E-state index contributed by atoms with van der Waals surface area (Å²) >= 11 is 0. The van der Waals surface area contributed by atoms with Gasteiger partial charge in [-0.15, -0.1) is 0 Å². The van der Waals surface area contributed by atoms with Crippen molar-refractivity contribution in [3.05, 3.63) is 0 Å². The molecule has 1 nitrogen and oxygen atoms in total. The largest absolute Gasteiger partial charge is 0.298 e. The highest BCUT2D eigenvalue weighted by Crippen LogP contribution is 2.31. The van der Waals surface area contributed by atoms with E-state index >= 15 is 0 Å². The van der Waals surface area contributed by atoms with Crippen LogP contribution in [0.15, 0.2) is 4.99 Å². The molecule has 0 spiro atoms. The van der Waals surface area contributed by atoms with Crippen molar-refractivity contribution in [2.45, 2.75) is 32.2 Å². The molecule has 0 heterocycles. The third-order valence-electron chi connectivity index (χ3n) is 2.05. The fourth-order valence-corrected chi connectivity index (χ4v) is 1.18. The lowest BCUT2D eigenvalue weighted by Crippen LogP contribution is -2.25. The Morgan fingerprint density at radius 2 is 2.25 bits per heavy atom. The summed E-state index contributed by atoms with van der Waals surface area (Å²) in [6.07, 6.45) is 3.91. The number of hydrogen-bond acceptors (Lipinski definition) is 1. The van der Waals surface area contributed by atoms with E-state index in [-0.39, 0.29) is 0 Å². The zero-order valence-electron chi connectivity index (χ0n) is 5.43. The van der Waals surface area contributed by atoms with Gasteiger partial charge in [-0.1, -0.05) is 13.3 Å². The van der Waals surface area contributed by atoms with Gasteiger partial charge in [0.1, 0.15) is 0 Å². The summed E-state index contributed by atoms with van der Waals surface area (Å²) in [6.45, 7) is 5.74. The van der Waals surface area contributed by atoms with Gasteiger partial charge in [-0.25, -0.2) is 0 Å². The highest BCUT2D eigenvalue weighted by atomic mass is 14.8. The van der Waals surface area contributed by atoms with Crippen LogP contribution in [-0.2, 0) is 0 Å². The van der Waals surface area contributed by atoms with Crippen LogP contribution < -0.4 is 0 Å². The molecule has 0 saturated heterocycles. The topological polar surface area (TPSA) is 12.4 Å². The second kappa shape index (κ2) is 2.29. The predicted molar refractivity (Wildman–Crippen MR) is 36.4 cm³/mol. The molecule has 8 heavy (non-hydrogen) atoms. The molecule has 0 unspecified atom stereocenters. The summed E-state index contributed by atoms with van der Waals surface area (Å²) in [5.41, 5.74) is 0. The van der Waals surface area contributed by atoms with Crippen LogP contribution in [0.4, 0.5) is 0 Å². The first-order valence-corrected chi connectivity index (χ1v) is 3.32. The monoisotopic (exact) mass is 111 g/mol. The van der Waals surface area contributed by atoms with Gasteiger partial charge in [-0.3, -0.25) is 4.99 Å². The molecule has 1 saturated carbocycles. The quantitative estimate of drug-likeness (QED) is 0.482. The molecule has 1 aliphatic rings. The van der Waals surface area contributed by atoms with E-state index in [1.807, 2.05) is 0 Å². The Labute approximate surface area is 50.8 Å². The minimum absolute atomic E-state index is 0.611. The first-order chi connectivity index (χ1) is 3.86. The predicted octanol–water partition coefficient (Wildman–Crippen LogP) is 1.88. The summed E-state index contributed by atoms with van der Waals surface area (Å²) in [4.78, 5) is 3.94. The molecule has 1 fully saturated rings. The average molecular weight is 111 g/mol. The van der Waals surface area contributed by atoms with Crippen LogP contribution in [0.2, 0.25) is 0 Å². The maximum atomic E-state index is 3.94. The molecule has 0 amide bonds. The number of rotatable bonds is 2. The van der Waals surface area contributed by atoms with Gasteiger partial charge in [0.25, 0.3) is 0 Å². The molecule has 0 bridgehead atoms. The van der Waals surface area contributed by atoms with E-state index in [0.29, 0.717) is 6.04 Å². The molecule has 1 rings (SSSR count). The molecule has 0 aromatic rings. The molecule has 46 valence electrons. The Balaban J connectivity index is 2.11. The van der Waals surface area contributed by atoms with Gasteiger partial charge >= 0.3 is 0 Å². The second-order valence-corrected chi connectivity index (χ2v) is 2.58. The Morgan fingerprint density at radius 1 is 1.62 bits per heavy atom. The highest BCUT2D eigenvalue weighted by molar-refractivity contribution is 5.24. The SMILES string of the molecule is C=NC1CC(CC)C1. The number of aliphatic imine (C=N–C) groups is 1. The molecule has 0 N–H and O–H groups in total. The molecule has 0 aromatic heterocycles. The van der Waals surface area contributed by atoms with Crippen molar-refractivity contribution >= 4 is 6.72 Å². The van der Waals surface area contributed by atoms with E-state index in [1.54, 1.807) is 0 Å². The summed E-state index contributed by atoms with van der Waals surface area (Å²) in [6, 6.07) is 0.611. The molecule has 1 aliphatic carbocycles. The van der Waals surface area contributed by atoms with Gasteiger partial charge in [-0.05, 0) is 25.5 Å². The Kier molecular flexibility index (Phi) is 1.66. The number of nitrogens with zero attached hydrogens (tertiary/aromatic N) is 1. The smallest absolute Gasteiger partial charge is 0.0497 e. The number of hydrogen-bond donors (Lipinski definition) is 0. The van der Waals surface area contributed by atoms with E-state index in [9.17, 15) is 0 Å². The van der Waals surface area contributed by atoms with E-state index in [0.717, 1.165) is 5.92 Å². The van der Waals surface area contributed by atoms with Gasteiger partial charge in [-0.2, -0.15) is 0 Å². The van der Waals surface area contributed by atoms with Gasteiger partial charge in [0.2, 0.25) is 0 Å². The third kappa shape index (κ3) is 0.908. The van der Waals surface area contributed by atoms with Crippen LogP contribution in [0.25, 0.3) is 0 Å². The van der Waals surface area contributed by atoms with Gasteiger partial charge in [0, 0.05) is 6.04 Å². The van der Waals surface area contributed by atoms with Crippen LogP contribution in [0.5, 0.6) is 0 Å². The minimum atomic E-state index is 0.611. The van der Waals surface area contributed by atoms with Crippen LogP contribution in [0, 0.1) is 5.92 Å². The molecule has 0 atom stereocenters. The first-order valence-electron chi connectivity index (χ1n) is 3.32. The second-order valence-electron chi connectivity index (χ2n) is 2.58.